The summed E-state index contributed by atoms with van der Waals surface area (Å²) in [6.07, 6.45) is 0. The van der Waals surface area contributed by atoms with Gasteiger partial charge in [0.05, 0.1) is 0 Å². The fourth-order valence-corrected chi connectivity index (χ4v) is 0. The van der Waals surface area contributed by atoms with Gasteiger partial charge in [0.25, 0.3) is 0 Å². The van der Waals surface area contributed by atoms with Crippen LogP contribution in [0.15, 0.2) is 0 Å². The van der Waals surface area contributed by atoms with Gasteiger partial charge < -0.3 is 9.45 Å². The Kier molecular flexibility index (Phi) is 9.09. The Morgan fingerprint density at radius 2 is 1.23 bits per heavy atom. The number of hydrogen-bond acceptors (Lipinski definition) is 4. The topological polar surface area (TPSA) is 60.4 Å². The average molecular weight is 236 g/mol. The number of rotatable bonds is 0. The molecule has 0 unspecified atom stereocenters. The summed E-state index contributed by atoms with van der Waals surface area (Å²) in [5.74, 6) is 0. The van der Waals surface area contributed by atoms with Crippen molar-refractivity contribution >= 4 is 21.1 Å². The molecular weight excluding hydrogens is 227 g/mol. The van der Waals surface area contributed by atoms with E-state index in [0.29, 0.717) is 0 Å². The van der Waals surface area contributed by atoms with E-state index in [1.54, 1.807) is 0 Å². The third-order valence-corrected chi connectivity index (χ3v) is 0.850. The molecule has 0 saturated carbocycles. The molecule has 0 aliphatic carbocycles. The molecule has 0 N–H and O–H groups in total. The number of hydrogen-bond donors (Lipinski definition) is 0. The zero-order chi connectivity index (χ0) is 10.6. The molecule has 76 valence electrons. The number of halogens is 3. The van der Waals surface area contributed by atoms with Crippen molar-refractivity contribution in [2.45, 2.75) is 5.51 Å². The summed E-state index contributed by atoms with van der Waals surface area (Å²) in [4.78, 5) is 2.00. The van der Waals surface area contributed by atoms with Crippen molar-refractivity contribution in [2.24, 2.45) is 0 Å². The van der Waals surface area contributed by atoms with Gasteiger partial charge in [0, 0.05) is 0 Å². The van der Waals surface area contributed by atoms with Crippen LogP contribution in [-0.4, -0.2) is 55.5 Å². The van der Waals surface area contributed by atoms with Gasteiger partial charge in [-0.05, 0) is 21.1 Å². The monoisotopic (exact) mass is 236 g/mol. The Morgan fingerprint density at radius 3 is 1.23 bits per heavy atom. The van der Waals surface area contributed by atoms with Crippen LogP contribution in [0.5, 0.6) is 0 Å². The molecule has 0 rings (SSSR count). The van der Waals surface area contributed by atoms with Crippen LogP contribution in [0.4, 0.5) is 13.2 Å². The van der Waals surface area contributed by atoms with Gasteiger partial charge in [-0.25, -0.2) is 8.42 Å². The first-order valence-electron chi connectivity index (χ1n) is 2.61. The molecule has 0 amide bonds. The molecule has 0 radical (unpaired) electrons. The van der Waals surface area contributed by atoms with Crippen molar-refractivity contribution in [2.75, 3.05) is 21.1 Å². The largest absolute Gasteiger partial charge is 4.00 e. The Bertz CT molecular complexity index is 210. The maximum absolute atomic E-state index is 10.7. The van der Waals surface area contributed by atoms with E-state index in [9.17, 15) is 13.2 Å². The minimum atomic E-state index is -6.09. The van der Waals surface area contributed by atoms with E-state index in [1.165, 1.54) is 0 Å². The molecule has 0 saturated heterocycles. The summed E-state index contributed by atoms with van der Waals surface area (Å²) in [5.41, 5.74) is -5.65. The van der Waals surface area contributed by atoms with E-state index in [4.69, 9.17) is 13.0 Å². The van der Waals surface area contributed by atoms with Crippen molar-refractivity contribution in [1.29, 1.82) is 0 Å². The first kappa shape index (κ1) is 18.6. The molecule has 0 aromatic rings. The van der Waals surface area contributed by atoms with Gasteiger partial charge in [0.1, 0.15) is 0 Å². The van der Waals surface area contributed by atoms with Crippen molar-refractivity contribution in [3.63, 3.8) is 0 Å². The SMILES string of the molecule is CN(C)C.O=S(=O)([O-])C(F)(F)F.[Si+4]. The van der Waals surface area contributed by atoms with Crippen molar-refractivity contribution in [3.8, 4) is 0 Å². The smallest absolute Gasteiger partial charge is 0.741 e. The molecule has 9 heteroatoms. The molecule has 4 nitrogen and oxygen atoms in total. The quantitative estimate of drug-likeness (QED) is 0.333. The molecule has 13 heavy (non-hydrogen) atoms. The van der Waals surface area contributed by atoms with Crippen molar-refractivity contribution in [3.05, 3.63) is 0 Å². The van der Waals surface area contributed by atoms with Crippen LogP contribution in [0, 0.1) is 0 Å². The van der Waals surface area contributed by atoms with Gasteiger partial charge in [-0.3, -0.25) is 0 Å². The van der Waals surface area contributed by atoms with Crippen LogP contribution in [0.3, 0.4) is 0 Å². The standard InChI is InChI=1S/C3H9N.CHF3O3S.Si/c1-4(2)3;2-1(3,4)8(5,6)7;/h1-3H3;(H,5,6,7);/q;;+4/p-1. The molecule has 0 spiro atoms. The van der Waals surface area contributed by atoms with Gasteiger partial charge in [-0.15, -0.1) is 0 Å². The Labute approximate surface area is 79.5 Å². The summed E-state index contributed by atoms with van der Waals surface area (Å²) < 4.78 is 58.9. The second kappa shape index (κ2) is 6.35. The molecule has 0 aromatic heterocycles. The normalized spacial score (nSPS) is 11.4. The van der Waals surface area contributed by atoms with Crippen LogP contribution in [-0.2, 0) is 10.1 Å². The third kappa shape index (κ3) is 14.7. The predicted molar refractivity (Wildman–Crippen MR) is 41.1 cm³/mol. The fourth-order valence-electron chi connectivity index (χ4n) is 0. The van der Waals surface area contributed by atoms with Crippen LogP contribution < -0.4 is 0 Å². The van der Waals surface area contributed by atoms with Crippen LogP contribution in [0.2, 0.25) is 0 Å². The van der Waals surface area contributed by atoms with Gasteiger partial charge in [-0.1, -0.05) is 0 Å². The zero-order valence-corrected chi connectivity index (χ0v) is 9.03. The first-order valence-corrected chi connectivity index (χ1v) is 4.02. The summed E-state index contributed by atoms with van der Waals surface area (Å²) in [5, 5.41) is 0. The van der Waals surface area contributed by atoms with E-state index >= 15 is 0 Å². The van der Waals surface area contributed by atoms with E-state index in [-0.39, 0.29) is 11.0 Å². The average Bonchev–Trinajstić information content (AvgIpc) is 1.55. The molecule has 0 aromatic carbocycles. The minimum absolute atomic E-state index is 0. The second-order valence-corrected chi connectivity index (χ2v) is 3.61. The maximum Gasteiger partial charge on any atom is 4.00 e. The van der Waals surface area contributed by atoms with Crippen LogP contribution in [0.1, 0.15) is 0 Å². The van der Waals surface area contributed by atoms with Crippen LogP contribution >= 0.6 is 0 Å². The summed E-state index contributed by atoms with van der Waals surface area (Å²) in [6.45, 7) is 0. The Hall–Kier alpha value is -0.123. The molecule has 0 atom stereocenters. The molecule has 0 aliphatic heterocycles. The van der Waals surface area contributed by atoms with Crippen LogP contribution in [0.25, 0.3) is 0 Å². The van der Waals surface area contributed by atoms with Gasteiger partial charge in [0.2, 0.25) is 0 Å². The van der Waals surface area contributed by atoms with Crippen molar-refractivity contribution in [1.82, 2.24) is 4.90 Å². The first-order chi connectivity index (χ1) is 4.98. The van der Waals surface area contributed by atoms with E-state index in [1.807, 2.05) is 26.0 Å². The molecule has 0 heterocycles. The van der Waals surface area contributed by atoms with E-state index in [2.05, 4.69) is 0 Å². The van der Waals surface area contributed by atoms with Gasteiger partial charge in [0.15, 0.2) is 10.1 Å². The molecular formula is C4H9F3NO3SSi+3. The summed E-state index contributed by atoms with van der Waals surface area (Å²) >= 11 is 0. The third-order valence-electron chi connectivity index (χ3n) is 0.283. The van der Waals surface area contributed by atoms with Gasteiger partial charge in [-0.2, -0.15) is 13.2 Å². The molecule has 0 aliphatic rings. The fraction of sp³-hybridized carbons (Fsp3) is 1.00. The minimum Gasteiger partial charge on any atom is -0.741 e. The summed E-state index contributed by atoms with van der Waals surface area (Å²) in [6, 6.07) is 0. The van der Waals surface area contributed by atoms with E-state index < -0.39 is 15.6 Å². The summed E-state index contributed by atoms with van der Waals surface area (Å²) in [7, 11) is -0.0903. The Morgan fingerprint density at radius 1 is 1.15 bits per heavy atom. The van der Waals surface area contributed by atoms with Crippen molar-refractivity contribution < 1.29 is 26.1 Å². The Balaban J connectivity index is -0.000000173. The number of alkyl halides is 3. The van der Waals surface area contributed by atoms with Gasteiger partial charge >= 0.3 is 16.5 Å². The second-order valence-electron chi connectivity index (χ2n) is 2.24. The number of nitrogens with zero attached hydrogens (tertiary/aromatic N) is 1. The zero-order valence-electron chi connectivity index (χ0n) is 7.21. The maximum atomic E-state index is 10.7. The van der Waals surface area contributed by atoms with E-state index in [0.717, 1.165) is 0 Å². The molecule has 0 bridgehead atoms. The molecule has 0 fully saturated rings. The predicted octanol–water partition coefficient (Wildman–Crippen LogP) is -0.152.